The van der Waals surface area contributed by atoms with E-state index in [1.54, 1.807) is 37.4 Å². The van der Waals surface area contributed by atoms with E-state index in [9.17, 15) is 17.6 Å². The van der Waals surface area contributed by atoms with Crippen molar-refractivity contribution in [3.05, 3.63) is 77.2 Å². The molecule has 0 saturated carbocycles. The van der Waals surface area contributed by atoms with Crippen molar-refractivity contribution >= 4 is 10.9 Å². The van der Waals surface area contributed by atoms with Crippen molar-refractivity contribution in [2.24, 2.45) is 0 Å². The molecule has 0 spiro atoms. The normalized spacial score (nSPS) is 18.1. The summed E-state index contributed by atoms with van der Waals surface area (Å²) in [6, 6.07) is 12.0. The number of piperidine rings is 1. The molecular formula is C25H26F4N2O. The van der Waals surface area contributed by atoms with Crippen molar-refractivity contribution in [3.63, 3.8) is 0 Å². The van der Waals surface area contributed by atoms with Crippen LogP contribution in [0.5, 0.6) is 0 Å². The lowest BCUT2D eigenvalue weighted by atomic mass is 9.73. The first kappa shape index (κ1) is 22.7. The Kier molecular flexibility index (Phi) is 6.23. The summed E-state index contributed by atoms with van der Waals surface area (Å²) in [6.07, 6.45) is -1.83. The van der Waals surface area contributed by atoms with Crippen LogP contribution in [0.2, 0.25) is 0 Å². The summed E-state index contributed by atoms with van der Waals surface area (Å²) >= 11 is 0. The van der Waals surface area contributed by atoms with Gasteiger partial charge in [0.05, 0.1) is 23.8 Å². The fraction of sp³-hybridized carbons (Fsp3) is 0.400. The van der Waals surface area contributed by atoms with Crippen LogP contribution in [0.3, 0.4) is 0 Å². The van der Waals surface area contributed by atoms with Crippen LogP contribution in [-0.2, 0) is 16.3 Å². The maximum Gasteiger partial charge on any atom is 0.416 e. The molecule has 3 aromatic rings. The molecule has 1 unspecified atom stereocenters. The number of hydrogen-bond acceptors (Lipinski definition) is 3. The molecule has 4 rings (SSSR count). The highest BCUT2D eigenvalue weighted by Gasteiger charge is 2.37. The third-order valence-corrected chi connectivity index (χ3v) is 6.51. The number of likely N-dealkylation sites (tertiary alicyclic amines) is 1. The van der Waals surface area contributed by atoms with Crippen molar-refractivity contribution in [2.75, 3.05) is 26.7 Å². The van der Waals surface area contributed by atoms with Crippen molar-refractivity contribution in [2.45, 2.75) is 37.5 Å². The maximum absolute atomic E-state index is 13.5. The number of alkyl halides is 3. The van der Waals surface area contributed by atoms with Gasteiger partial charge in [-0.3, -0.25) is 4.98 Å². The van der Waals surface area contributed by atoms with Gasteiger partial charge in [0.1, 0.15) is 5.82 Å². The minimum absolute atomic E-state index is 0.298. The molecule has 2 heterocycles. The molecule has 7 heteroatoms. The van der Waals surface area contributed by atoms with E-state index in [1.807, 2.05) is 0 Å². The predicted molar refractivity (Wildman–Crippen MR) is 116 cm³/mol. The van der Waals surface area contributed by atoms with E-state index in [1.165, 1.54) is 12.1 Å². The van der Waals surface area contributed by atoms with E-state index >= 15 is 0 Å². The number of rotatable bonds is 5. The van der Waals surface area contributed by atoms with E-state index < -0.39 is 17.8 Å². The second kappa shape index (κ2) is 8.79. The number of ether oxygens (including phenoxy) is 1. The van der Waals surface area contributed by atoms with Gasteiger partial charge in [-0.2, -0.15) is 13.2 Å². The summed E-state index contributed by atoms with van der Waals surface area (Å²) in [6.45, 7) is 3.82. The van der Waals surface area contributed by atoms with E-state index in [0.29, 0.717) is 23.1 Å². The predicted octanol–water partition coefficient (Wildman–Crippen LogP) is 6.13. The highest BCUT2D eigenvalue weighted by atomic mass is 19.4. The molecule has 1 saturated heterocycles. The van der Waals surface area contributed by atoms with Gasteiger partial charge in [0, 0.05) is 22.6 Å². The van der Waals surface area contributed by atoms with Gasteiger partial charge in [0.15, 0.2) is 0 Å². The minimum Gasteiger partial charge on any atom is -0.373 e. The van der Waals surface area contributed by atoms with Crippen LogP contribution in [0.25, 0.3) is 10.9 Å². The molecule has 3 nitrogen and oxygen atoms in total. The number of benzene rings is 2. The molecule has 1 fully saturated rings. The van der Waals surface area contributed by atoms with Crippen LogP contribution in [0.15, 0.2) is 54.7 Å². The van der Waals surface area contributed by atoms with Crippen LogP contribution in [-0.4, -0.2) is 36.6 Å². The number of aromatic nitrogens is 1. The third-order valence-electron chi connectivity index (χ3n) is 6.51. The lowest BCUT2D eigenvalue weighted by molar-refractivity contribution is -0.137. The number of pyridine rings is 1. The zero-order valence-electron chi connectivity index (χ0n) is 18.1. The molecule has 1 aromatic heterocycles. The Morgan fingerprint density at radius 1 is 1.09 bits per heavy atom. The molecule has 0 amide bonds. The second-order valence-electron chi connectivity index (χ2n) is 8.68. The highest BCUT2D eigenvalue weighted by Crippen LogP contribution is 2.39. The van der Waals surface area contributed by atoms with Crippen molar-refractivity contribution in [1.29, 1.82) is 0 Å². The summed E-state index contributed by atoms with van der Waals surface area (Å²) in [5.74, 6) is -0.298. The number of fused-ring (bicyclic) bond motifs is 1. The van der Waals surface area contributed by atoms with Crippen molar-refractivity contribution in [3.8, 4) is 0 Å². The average Bonchev–Trinajstić information content (AvgIpc) is 2.78. The molecular weight excluding hydrogens is 420 g/mol. The zero-order chi connectivity index (χ0) is 22.9. The van der Waals surface area contributed by atoms with Crippen LogP contribution in [0.4, 0.5) is 17.6 Å². The quantitative estimate of drug-likeness (QED) is 0.441. The number of nitrogens with zero attached hydrogens (tertiary/aromatic N) is 2. The van der Waals surface area contributed by atoms with Crippen molar-refractivity contribution in [1.82, 2.24) is 9.88 Å². The van der Waals surface area contributed by atoms with E-state index in [-0.39, 0.29) is 11.2 Å². The van der Waals surface area contributed by atoms with Gasteiger partial charge in [0.2, 0.25) is 0 Å². The van der Waals surface area contributed by atoms with Gasteiger partial charge in [-0.05, 0) is 75.8 Å². The van der Waals surface area contributed by atoms with E-state index in [2.05, 4.69) is 16.9 Å². The molecule has 0 N–H and O–H groups in total. The fourth-order valence-corrected chi connectivity index (χ4v) is 4.43. The fourth-order valence-electron chi connectivity index (χ4n) is 4.43. The number of halogens is 4. The molecule has 1 atom stereocenters. The summed E-state index contributed by atoms with van der Waals surface area (Å²) < 4.78 is 60.2. The third kappa shape index (κ3) is 4.64. The standard InChI is InChI=1S/C25H26F4N2O/c1-17(22-15-20(25(27,28)29)14-18-4-3-11-30-23(18)22)32-16-24(9-12-31(2)13-10-24)19-5-7-21(26)8-6-19/h3-8,11,14-15,17H,9-10,12-13,16H2,1-2H3. The zero-order valence-corrected chi connectivity index (χ0v) is 18.1. The first-order chi connectivity index (χ1) is 15.2. The Morgan fingerprint density at radius 3 is 2.44 bits per heavy atom. The Bertz CT molecular complexity index is 1070. The Hall–Kier alpha value is -2.51. The molecule has 1 aliphatic heterocycles. The van der Waals surface area contributed by atoms with E-state index in [4.69, 9.17) is 4.74 Å². The summed E-state index contributed by atoms with van der Waals surface area (Å²) in [7, 11) is 2.05. The molecule has 0 radical (unpaired) electrons. The SMILES string of the molecule is CC(OCC1(c2ccc(F)cc2)CCN(C)CC1)c1cc(C(F)(F)F)cc2cccnc12. The molecule has 0 bridgehead atoms. The Balaban J connectivity index is 1.65. The molecule has 0 aliphatic carbocycles. The molecule has 2 aromatic carbocycles. The Morgan fingerprint density at radius 2 is 1.78 bits per heavy atom. The topological polar surface area (TPSA) is 25.4 Å². The highest BCUT2D eigenvalue weighted by molar-refractivity contribution is 5.83. The van der Waals surface area contributed by atoms with Gasteiger partial charge in [0.25, 0.3) is 0 Å². The number of hydrogen-bond donors (Lipinski definition) is 0. The Labute approximate surface area is 185 Å². The van der Waals surface area contributed by atoms with E-state index in [0.717, 1.165) is 43.6 Å². The van der Waals surface area contributed by atoms with Gasteiger partial charge in [-0.25, -0.2) is 4.39 Å². The smallest absolute Gasteiger partial charge is 0.373 e. The van der Waals surface area contributed by atoms with Gasteiger partial charge in [-0.1, -0.05) is 18.2 Å². The largest absolute Gasteiger partial charge is 0.416 e. The van der Waals surface area contributed by atoms with Crippen LogP contribution < -0.4 is 0 Å². The molecule has 1 aliphatic rings. The summed E-state index contributed by atoms with van der Waals surface area (Å²) in [4.78, 5) is 6.55. The monoisotopic (exact) mass is 446 g/mol. The van der Waals surface area contributed by atoms with Crippen LogP contribution in [0, 0.1) is 5.82 Å². The van der Waals surface area contributed by atoms with Gasteiger partial charge < -0.3 is 9.64 Å². The minimum atomic E-state index is -4.46. The average molecular weight is 446 g/mol. The first-order valence-electron chi connectivity index (χ1n) is 10.7. The lowest BCUT2D eigenvalue weighted by Gasteiger charge is -2.41. The maximum atomic E-state index is 13.5. The molecule has 32 heavy (non-hydrogen) atoms. The van der Waals surface area contributed by atoms with Crippen LogP contribution >= 0.6 is 0 Å². The van der Waals surface area contributed by atoms with Crippen molar-refractivity contribution < 1.29 is 22.3 Å². The van der Waals surface area contributed by atoms with Gasteiger partial charge in [-0.15, -0.1) is 0 Å². The summed E-state index contributed by atoms with van der Waals surface area (Å²) in [5, 5.41) is 0.431. The second-order valence-corrected chi connectivity index (χ2v) is 8.68. The molecule has 170 valence electrons. The summed E-state index contributed by atoms with van der Waals surface area (Å²) in [5.41, 5.74) is 0.881. The first-order valence-corrected chi connectivity index (χ1v) is 10.7. The van der Waals surface area contributed by atoms with Gasteiger partial charge >= 0.3 is 6.18 Å². The van der Waals surface area contributed by atoms with Crippen LogP contribution in [0.1, 0.15) is 42.6 Å². The lowest BCUT2D eigenvalue weighted by Crippen LogP contribution is -2.44.